The zero-order valence-corrected chi connectivity index (χ0v) is 12.1. The van der Waals surface area contributed by atoms with Crippen LogP contribution < -0.4 is 4.74 Å². The van der Waals surface area contributed by atoms with Crippen molar-refractivity contribution in [3.8, 4) is 11.5 Å². The van der Waals surface area contributed by atoms with Crippen molar-refractivity contribution in [1.82, 2.24) is 0 Å². The summed E-state index contributed by atoms with van der Waals surface area (Å²) in [5.74, 6) is -1.15. The number of carbonyl (C=O) groups is 1. The lowest BCUT2D eigenvalue weighted by Gasteiger charge is -2.10. The Hall–Kier alpha value is -2.27. The monoisotopic (exact) mass is 304 g/mol. The summed E-state index contributed by atoms with van der Waals surface area (Å²) in [7, 11) is 0. The molecule has 0 atom stereocenters. The van der Waals surface area contributed by atoms with E-state index in [0.717, 1.165) is 11.0 Å². The number of carboxylic acid groups (broad SMARTS) is 1. The number of para-hydroxylation sites is 1. The fraction of sp³-hybridized carbons (Fsp3) is 0.0625. The van der Waals surface area contributed by atoms with Gasteiger partial charge in [0, 0.05) is 16.5 Å². The summed E-state index contributed by atoms with van der Waals surface area (Å²) in [6.45, 7) is 0. The Bertz CT molecular complexity index is 666. The number of halogens is 1. The maximum Gasteiger partial charge on any atom is 0.328 e. The molecule has 108 valence electrons. The summed E-state index contributed by atoms with van der Waals surface area (Å²) < 4.78 is 19.4. The van der Waals surface area contributed by atoms with Gasteiger partial charge in [-0.05, 0) is 42.7 Å². The standard InChI is InChI=1S/C16H13FO3S/c1-21-13-8-6-12(7-9-13)20-16-11(5-10-15(18)19)3-2-4-14(16)17/h2-10H,1H3,(H,18,19)/b10-5+. The second-order valence-electron chi connectivity index (χ2n) is 4.11. The maximum absolute atomic E-state index is 13.9. The van der Waals surface area contributed by atoms with Crippen LogP contribution >= 0.6 is 11.8 Å². The lowest BCUT2D eigenvalue weighted by atomic mass is 10.1. The molecule has 21 heavy (non-hydrogen) atoms. The number of thioether (sulfide) groups is 1. The molecule has 2 aromatic rings. The van der Waals surface area contributed by atoms with Gasteiger partial charge < -0.3 is 9.84 Å². The SMILES string of the molecule is CSc1ccc(Oc2c(F)cccc2/C=C/C(=O)O)cc1. The molecule has 0 amide bonds. The molecule has 0 aliphatic rings. The topological polar surface area (TPSA) is 46.5 Å². The van der Waals surface area contributed by atoms with Gasteiger partial charge in [0.15, 0.2) is 11.6 Å². The van der Waals surface area contributed by atoms with Gasteiger partial charge in [-0.3, -0.25) is 0 Å². The van der Waals surface area contributed by atoms with Crippen LogP contribution in [0.1, 0.15) is 5.56 Å². The number of rotatable bonds is 5. The summed E-state index contributed by atoms with van der Waals surface area (Å²) in [6.07, 6.45) is 4.21. The Morgan fingerprint density at radius 2 is 1.95 bits per heavy atom. The fourth-order valence-electron chi connectivity index (χ4n) is 1.69. The third-order valence-corrected chi connectivity index (χ3v) is 3.43. The van der Waals surface area contributed by atoms with Crippen LogP contribution in [0, 0.1) is 5.82 Å². The summed E-state index contributed by atoms with van der Waals surface area (Å²) in [6, 6.07) is 11.6. The molecular formula is C16H13FO3S. The van der Waals surface area contributed by atoms with Crippen LogP contribution in [0.25, 0.3) is 6.08 Å². The van der Waals surface area contributed by atoms with E-state index in [-0.39, 0.29) is 5.75 Å². The van der Waals surface area contributed by atoms with Crippen LogP contribution in [0.5, 0.6) is 11.5 Å². The Labute approximate surface area is 126 Å². The number of aliphatic carboxylic acids is 1. The third-order valence-electron chi connectivity index (χ3n) is 2.68. The van der Waals surface area contributed by atoms with E-state index in [4.69, 9.17) is 9.84 Å². The first kappa shape index (κ1) is 15.1. The van der Waals surface area contributed by atoms with Crippen molar-refractivity contribution < 1.29 is 19.0 Å². The van der Waals surface area contributed by atoms with Crippen molar-refractivity contribution in [2.75, 3.05) is 6.26 Å². The van der Waals surface area contributed by atoms with Gasteiger partial charge in [-0.25, -0.2) is 9.18 Å². The molecule has 0 aliphatic carbocycles. The summed E-state index contributed by atoms with van der Waals surface area (Å²) in [5.41, 5.74) is 0.367. The second-order valence-corrected chi connectivity index (χ2v) is 4.99. The van der Waals surface area contributed by atoms with Crippen molar-refractivity contribution in [2.24, 2.45) is 0 Å². The zero-order valence-electron chi connectivity index (χ0n) is 11.2. The van der Waals surface area contributed by atoms with Gasteiger partial charge in [-0.15, -0.1) is 11.8 Å². The molecule has 1 N–H and O–H groups in total. The molecular weight excluding hydrogens is 291 g/mol. The van der Waals surface area contributed by atoms with Crippen molar-refractivity contribution in [1.29, 1.82) is 0 Å². The molecule has 0 bridgehead atoms. The third kappa shape index (κ3) is 4.10. The highest BCUT2D eigenvalue weighted by molar-refractivity contribution is 7.98. The normalized spacial score (nSPS) is 10.8. The molecule has 2 aromatic carbocycles. The minimum Gasteiger partial charge on any atom is -0.478 e. The highest BCUT2D eigenvalue weighted by Gasteiger charge is 2.09. The summed E-state index contributed by atoms with van der Waals surface area (Å²) >= 11 is 1.60. The van der Waals surface area contributed by atoms with Crippen molar-refractivity contribution >= 4 is 23.8 Å². The van der Waals surface area contributed by atoms with E-state index in [1.165, 1.54) is 18.2 Å². The van der Waals surface area contributed by atoms with Gasteiger partial charge >= 0.3 is 5.97 Å². The molecule has 0 aromatic heterocycles. The molecule has 0 heterocycles. The first-order valence-electron chi connectivity index (χ1n) is 6.11. The molecule has 0 fully saturated rings. The molecule has 0 radical (unpaired) electrons. The summed E-state index contributed by atoms with van der Waals surface area (Å²) in [4.78, 5) is 11.6. The summed E-state index contributed by atoms with van der Waals surface area (Å²) in [5, 5.41) is 8.66. The van der Waals surface area contributed by atoms with Gasteiger partial charge in [-0.2, -0.15) is 0 Å². The number of hydrogen-bond donors (Lipinski definition) is 1. The number of benzene rings is 2. The van der Waals surface area contributed by atoms with Crippen LogP contribution in [-0.4, -0.2) is 17.3 Å². The number of carboxylic acids is 1. The Balaban J connectivity index is 2.31. The smallest absolute Gasteiger partial charge is 0.328 e. The Morgan fingerprint density at radius 3 is 2.57 bits per heavy atom. The molecule has 3 nitrogen and oxygen atoms in total. The molecule has 5 heteroatoms. The number of ether oxygens (including phenoxy) is 1. The first-order valence-corrected chi connectivity index (χ1v) is 7.34. The highest BCUT2D eigenvalue weighted by atomic mass is 32.2. The van der Waals surface area contributed by atoms with Crippen molar-refractivity contribution in [3.05, 3.63) is 59.9 Å². The maximum atomic E-state index is 13.9. The van der Waals surface area contributed by atoms with Gasteiger partial charge in [0.05, 0.1) is 0 Å². The van der Waals surface area contributed by atoms with E-state index in [0.29, 0.717) is 11.3 Å². The van der Waals surface area contributed by atoms with Gasteiger partial charge in [-0.1, -0.05) is 12.1 Å². The number of hydrogen-bond acceptors (Lipinski definition) is 3. The Morgan fingerprint density at radius 1 is 1.24 bits per heavy atom. The van der Waals surface area contributed by atoms with Gasteiger partial charge in [0.2, 0.25) is 0 Å². The van der Waals surface area contributed by atoms with Crippen LogP contribution in [0.4, 0.5) is 4.39 Å². The van der Waals surface area contributed by atoms with E-state index in [2.05, 4.69) is 0 Å². The van der Waals surface area contributed by atoms with Crippen LogP contribution in [0.3, 0.4) is 0 Å². The quantitative estimate of drug-likeness (QED) is 0.655. The van der Waals surface area contributed by atoms with E-state index in [9.17, 15) is 9.18 Å². The van der Waals surface area contributed by atoms with Gasteiger partial charge in [0.25, 0.3) is 0 Å². The lowest BCUT2D eigenvalue weighted by molar-refractivity contribution is -0.131. The molecule has 2 rings (SSSR count). The fourth-order valence-corrected chi connectivity index (χ4v) is 2.10. The van der Waals surface area contributed by atoms with Crippen LogP contribution in [0.15, 0.2) is 53.4 Å². The first-order chi connectivity index (χ1) is 10.1. The molecule has 0 aliphatic heterocycles. The highest BCUT2D eigenvalue weighted by Crippen LogP contribution is 2.30. The zero-order chi connectivity index (χ0) is 15.2. The molecule has 0 saturated heterocycles. The van der Waals surface area contributed by atoms with E-state index >= 15 is 0 Å². The predicted molar refractivity (Wildman–Crippen MR) is 81.4 cm³/mol. The van der Waals surface area contributed by atoms with E-state index < -0.39 is 11.8 Å². The van der Waals surface area contributed by atoms with Crippen molar-refractivity contribution in [3.63, 3.8) is 0 Å². The minimum atomic E-state index is -1.10. The van der Waals surface area contributed by atoms with E-state index in [1.807, 2.05) is 18.4 Å². The Kier molecular flexibility index (Phi) is 5.00. The van der Waals surface area contributed by atoms with Crippen LogP contribution in [-0.2, 0) is 4.79 Å². The van der Waals surface area contributed by atoms with Crippen LogP contribution in [0.2, 0.25) is 0 Å². The molecule has 0 spiro atoms. The molecule has 0 unspecified atom stereocenters. The van der Waals surface area contributed by atoms with Crippen molar-refractivity contribution in [2.45, 2.75) is 4.90 Å². The second kappa shape index (κ2) is 6.95. The van der Waals surface area contributed by atoms with E-state index in [1.54, 1.807) is 30.0 Å². The minimum absolute atomic E-state index is 0.00639. The molecule has 0 saturated carbocycles. The van der Waals surface area contributed by atoms with Gasteiger partial charge in [0.1, 0.15) is 5.75 Å². The average Bonchev–Trinajstić information content (AvgIpc) is 2.48. The largest absolute Gasteiger partial charge is 0.478 e. The lowest BCUT2D eigenvalue weighted by Crippen LogP contribution is -1.93. The predicted octanol–water partition coefficient (Wildman–Crippen LogP) is 4.44. The average molecular weight is 304 g/mol.